The average molecular weight is 310 g/mol. The number of nitrogens with two attached hydrogens (primary N) is 1. The summed E-state index contributed by atoms with van der Waals surface area (Å²) in [6.45, 7) is 3.87. The van der Waals surface area contributed by atoms with E-state index in [0.29, 0.717) is 20.6 Å². The molecule has 0 bridgehead atoms. The summed E-state index contributed by atoms with van der Waals surface area (Å²) in [5.41, 5.74) is 5.85. The number of amides is 2. The predicted molar refractivity (Wildman–Crippen MR) is 79.4 cm³/mol. The van der Waals surface area contributed by atoms with Crippen molar-refractivity contribution < 1.29 is 9.59 Å². The Morgan fingerprint density at radius 1 is 1.40 bits per heavy atom. The van der Waals surface area contributed by atoms with Crippen LogP contribution in [0.5, 0.6) is 0 Å². The fourth-order valence-electron chi connectivity index (χ4n) is 1.58. The minimum Gasteiger partial charge on any atom is -0.365 e. The smallest absolute Gasteiger partial charge is 0.269 e. The number of hydrogen-bond donors (Lipinski definition) is 2. The third kappa shape index (κ3) is 3.20. The van der Waals surface area contributed by atoms with Crippen molar-refractivity contribution in [2.75, 3.05) is 5.32 Å². The molecule has 2 aromatic rings. The number of thiazole rings is 2. The fraction of sp³-hybridized carbons (Fsp3) is 0.333. The Kier molecular flexibility index (Phi) is 4.46. The second-order valence-electron chi connectivity index (χ2n) is 4.12. The molecule has 2 rings (SSSR count). The number of primary amides is 1. The van der Waals surface area contributed by atoms with Crippen LogP contribution < -0.4 is 11.1 Å². The van der Waals surface area contributed by atoms with Gasteiger partial charge < -0.3 is 5.73 Å². The van der Waals surface area contributed by atoms with Crippen LogP contribution in [0.4, 0.5) is 5.13 Å². The first-order valence-corrected chi connectivity index (χ1v) is 7.67. The molecule has 3 N–H and O–H groups in total. The third-order valence-electron chi connectivity index (χ3n) is 2.48. The molecule has 0 spiro atoms. The molecule has 0 aliphatic rings. The quantitative estimate of drug-likeness (QED) is 0.884. The van der Waals surface area contributed by atoms with Gasteiger partial charge in [0.15, 0.2) is 5.13 Å². The van der Waals surface area contributed by atoms with Crippen molar-refractivity contribution in [3.05, 3.63) is 26.7 Å². The van der Waals surface area contributed by atoms with Crippen LogP contribution in [-0.4, -0.2) is 21.8 Å². The molecule has 0 aromatic carbocycles. The van der Waals surface area contributed by atoms with E-state index in [9.17, 15) is 9.59 Å². The zero-order valence-corrected chi connectivity index (χ0v) is 12.7. The van der Waals surface area contributed by atoms with E-state index in [-0.39, 0.29) is 5.91 Å². The molecule has 8 heteroatoms. The van der Waals surface area contributed by atoms with Crippen LogP contribution in [-0.2, 0) is 6.42 Å². The lowest BCUT2D eigenvalue weighted by atomic mass is 10.3. The van der Waals surface area contributed by atoms with Crippen molar-refractivity contribution in [3.63, 3.8) is 0 Å². The van der Waals surface area contributed by atoms with Crippen molar-refractivity contribution in [2.45, 2.75) is 26.7 Å². The zero-order valence-electron chi connectivity index (χ0n) is 11.1. The van der Waals surface area contributed by atoms with Crippen molar-refractivity contribution in [1.82, 2.24) is 9.97 Å². The summed E-state index contributed by atoms with van der Waals surface area (Å²) in [6, 6.07) is 0. The maximum Gasteiger partial charge on any atom is 0.269 e. The molecule has 0 aliphatic carbocycles. The van der Waals surface area contributed by atoms with E-state index >= 15 is 0 Å². The minimum atomic E-state index is -0.554. The van der Waals surface area contributed by atoms with Gasteiger partial charge in [0.25, 0.3) is 11.8 Å². The van der Waals surface area contributed by atoms with Gasteiger partial charge in [-0.2, -0.15) is 0 Å². The molecule has 2 amide bonds. The number of rotatable bonds is 5. The lowest BCUT2D eigenvalue weighted by molar-refractivity contribution is 0.100. The maximum atomic E-state index is 12.1. The van der Waals surface area contributed by atoms with E-state index in [1.807, 2.05) is 0 Å². The van der Waals surface area contributed by atoms with Crippen molar-refractivity contribution in [3.8, 4) is 0 Å². The summed E-state index contributed by atoms with van der Waals surface area (Å²) >= 11 is 2.44. The van der Waals surface area contributed by atoms with Gasteiger partial charge in [-0.05, 0) is 19.8 Å². The van der Waals surface area contributed by atoms with Gasteiger partial charge >= 0.3 is 0 Å². The number of nitrogens with one attached hydrogen (secondary N) is 1. The van der Waals surface area contributed by atoms with Gasteiger partial charge in [0.05, 0.1) is 16.9 Å². The SMILES string of the molecule is CCCc1nc(C)c(C(=O)Nc2ncc(C(N)=O)s2)s1. The minimum absolute atomic E-state index is 0.257. The Balaban J connectivity index is 2.12. The van der Waals surface area contributed by atoms with Crippen LogP contribution in [0.25, 0.3) is 0 Å². The second kappa shape index (κ2) is 6.10. The van der Waals surface area contributed by atoms with Gasteiger partial charge in [-0.15, -0.1) is 11.3 Å². The monoisotopic (exact) mass is 310 g/mol. The fourth-order valence-corrected chi connectivity index (χ4v) is 3.31. The number of hydrogen-bond acceptors (Lipinski definition) is 6. The number of carbonyl (C=O) groups is 2. The number of carbonyl (C=O) groups excluding carboxylic acids is 2. The highest BCUT2D eigenvalue weighted by Gasteiger charge is 2.17. The first-order chi connectivity index (χ1) is 9.51. The van der Waals surface area contributed by atoms with E-state index in [0.717, 1.165) is 29.2 Å². The lowest BCUT2D eigenvalue weighted by Crippen LogP contribution is -2.11. The van der Waals surface area contributed by atoms with Crippen LogP contribution in [0, 0.1) is 6.92 Å². The van der Waals surface area contributed by atoms with Crippen LogP contribution in [0.3, 0.4) is 0 Å². The molecule has 6 nitrogen and oxygen atoms in total. The summed E-state index contributed by atoms with van der Waals surface area (Å²) in [5.74, 6) is -0.810. The Morgan fingerprint density at radius 3 is 2.75 bits per heavy atom. The third-order valence-corrected chi connectivity index (χ3v) is 4.62. The number of aryl methyl sites for hydroxylation is 2. The van der Waals surface area contributed by atoms with E-state index in [1.165, 1.54) is 17.5 Å². The molecule has 0 saturated carbocycles. The summed E-state index contributed by atoms with van der Waals surface area (Å²) in [4.78, 5) is 32.3. The number of anilines is 1. The molecule has 106 valence electrons. The highest BCUT2D eigenvalue weighted by Crippen LogP contribution is 2.23. The van der Waals surface area contributed by atoms with Crippen molar-refractivity contribution >= 4 is 39.6 Å². The largest absolute Gasteiger partial charge is 0.365 e. The van der Waals surface area contributed by atoms with E-state index in [1.54, 1.807) is 6.92 Å². The lowest BCUT2D eigenvalue weighted by Gasteiger charge is -1.98. The van der Waals surface area contributed by atoms with Gasteiger partial charge in [-0.25, -0.2) is 9.97 Å². The summed E-state index contributed by atoms with van der Waals surface area (Å²) in [5, 5.41) is 3.97. The van der Waals surface area contributed by atoms with E-state index in [2.05, 4.69) is 22.2 Å². The normalized spacial score (nSPS) is 10.5. The molecular weight excluding hydrogens is 296 g/mol. The number of nitrogens with zero attached hydrogens (tertiary/aromatic N) is 2. The molecule has 0 radical (unpaired) electrons. The van der Waals surface area contributed by atoms with Gasteiger partial charge in [0.2, 0.25) is 0 Å². The molecule has 2 heterocycles. The van der Waals surface area contributed by atoms with E-state index < -0.39 is 5.91 Å². The Labute approximate surface area is 124 Å². The van der Waals surface area contributed by atoms with Gasteiger partial charge in [0.1, 0.15) is 9.75 Å². The Morgan fingerprint density at radius 2 is 2.15 bits per heavy atom. The first kappa shape index (κ1) is 14.6. The van der Waals surface area contributed by atoms with E-state index in [4.69, 9.17) is 5.73 Å². The van der Waals surface area contributed by atoms with Crippen LogP contribution >= 0.6 is 22.7 Å². The molecule has 0 atom stereocenters. The summed E-state index contributed by atoms with van der Waals surface area (Å²) in [6.07, 6.45) is 3.20. The molecule has 0 unspecified atom stereocenters. The predicted octanol–water partition coefficient (Wildman–Crippen LogP) is 2.21. The average Bonchev–Trinajstić information content (AvgIpc) is 2.97. The maximum absolute atomic E-state index is 12.1. The van der Waals surface area contributed by atoms with Crippen LogP contribution in [0.2, 0.25) is 0 Å². The summed E-state index contributed by atoms with van der Waals surface area (Å²) in [7, 11) is 0. The molecule has 20 heavy (non-hydrogen) atoms. The highest BCUT2D eigenvalue weighted by atomic mass is 32.1. The van der Waals surface area contributed by atoms with Crippen molar-refractivity contribution in [2.24, 2.45) is 5.73 Å². The topological polar surface area (TPSA) is 98.0 Å². The molecule has 0 aliphatic heterocycles. The second-order valence-corrected chi connectivity index (χ2v) is 6.23. The molecule has 0 saturated heterocycles. The molecular formula is C12H14N4O2S2. The first-order valence-electron chi connectivity index (χ1n) is 6.04. The van der Waals surface area contributed by atoms with Crippen molar-refractivity contribution in [1.29, 1.82) is 0 Å². The summed E-state index contributed by atoms with van der Waals surface area (Å²) < 4.78 is 0. The van der Waals surface area contributed by atoms with Crippen LogP contribution in [0.15, 0.2) is 6.20 Å². The van der Waals surface area contributed by atoms with Gasteiger partial charge in [0, 0.05) is 0 Å². The molecule has 0 fully saturated rings. The number of aromatic nitrogens is 2. The zero-order chi connectivity index (χ0) is 14.7. The van der Waals surface area contributed by atoms with Gasteiger partial charge in [-0.1, -0.05) is 18.3 Å². The Bertz CT molecular complexity index is 648. The highest BCUT2D eigenvalue weighted by molar-refractivity contribution is 7.18. The van der Waals surface area contributed by atoms with Gasteiger partial charge in [-0.3, -0.25) is 14.9 Å². The standard InChI is InChI=1S/C12H14N4O2S2/c1-3-4-8-15-6(2)9(20-8)11(18)16-12-14-5-7(19-12)10(13)17/h5H,3-4H2,1-2H3,(H2,13,17)(H,14,16,18). The molecule has 2 aromatic heterocycles. The van der Waals surface area contributed by atoms with Crippen LogP contribution in [0.1, 0.15) is 43.4 Å². The Hall–Kier alpha value is -1.80.